The van der Waals surface area contributed by atoms with Crippen molar-refractivity contribution in [2.75, 3.05) is 0 Å². The lowest BCUT2D eigenvalue weighted by Crippen LogP contribution is -1.88. The number of hydrogen-bond acceptors (Lipinski definition) is 0. The van der Waals surface area contributed by atoms with Crippen molar-refractivity contribution < 1.29 is 0 Å². The fourth-order valence-corrected chi connectivity index (χ4v) is 1.41. The fraction of sp³-hybridized carbons (Fsp3) is 0.700. The van der Waals surface area contributed by atoms with Crippen LogP contribution in [0.5, 0.6) is 0 Å². The first-order chi connectivity index (χ1) is 4.89. The molecule has 57 valence electrons. The van der Waals surface area contributed by atoms with E-state index in [1.165, 1.54) is 38.5 Å². The molecule has 1 rings (SSSR count). The van der Waals surface area contributed by atoms with E-state index in [2.05, 4.69) is 19.1 Å². The summed E-state index contributed by atoms with van der Waals surface area (Å²) in [5.41, 5.74) is 0. The van der Waals surface area contributed by atoms with E-state index in [-0.39, 0.29) is 0 Å². The molecule has 10 heavy (non-hydrogen) atoms. The Morgan fingerprint density at radius 3 is 2.80 bits per heavy atom. The van der Waals surface area contributed by atoms with Crippen LogP contribution in [0.3, 0.4) is 0 Å². The van der Waals surface area contributed by atoms with E-state index >= 15 is 0 Å². The van der Waals surface area contributed by atoms with Gasteiger partial charge in [0, 0.05) is 0 Å². The van der Waals surface area contributed by atoms with Crippen LogP contribution in [-0.2, 0) is 0 Å². The van der Waals surface area contributed by atoms with Gasteiger partial charge in [-0.2, -0.15) is 0 Å². The molecular formula is C10H17. The van der Waals surface area contributed by atoms with Gasteiger partial charge in [-0.05, 0) is 32.1 Å². The second-order valence-corrected chi connectivity index (χ2v) is 3.18. The minimum atomic E-state index is 0.582. The summed E-state index contributed by atoms with van der Waals surface area (Å²) in [6.07, 6.45) is 12.7. The summed E-state index contributed by atoms with van der Waals surface area (Å²) in [4.78, 5) is 0. The molecule has 0 N–H and O–H groups in total. The van der Waals surface area contributed by atoms with Crippen LogP contribution in [0.25, 0.3) is 0 Å². The molecule has 0 nitrogen and oxygen atoms in total. The summed E-state index contributed by atoms with van der Waals surface area (Å²) in [5.74, 6) is 0.582. The Labute approximate surface area is 64.3 Å². The Kier molecular flexibility index (Phi) is 3.56. The number of rotatable bonds is 0. The summed E-state index contributed by atoms with van der Waals surface area (Å²) in [7, 11) is 0. The number of allylic oxidation sites excluding steroid dienone is 2. The lowest BCUT2D eigenvalue weighted by molar-refractivity contribution is 0.591. The van der Waals surface area contributed by atoms with Crippen molar-refractivity contribution in [3.05, 3.63) is 19.1 Å². The summed E-state index contributed by atoms with van der Waals surface area (Å²) in [5, 5.41) is 0. The molecule has 0 amide bonds. The van der Waals surface area contributed by atoms with Crippen molar-refractivity contribution in [2.24, 2.45) is 5.92 Å². The highest BCUT2D eigenvalue weighted by molar-refractivity contribution is 4.90. The molecule has 0 saturated heterocycles. The Hall–Kier alpha value is -0.260. The Morgan fingerprint density at radius 1 is 1.10 bits per heavy atom. The molecule has 1 aliphatic rings. The maximum absolute atomic E-state index is 4.05. The van der Waals surface area contributed by atoms with E-state index in [0.717, 1.165) is 0 Å². The van der Waals surface area contributed by atoms with Crippen LogP contribution in [0, 0.1) is 12.8 Å². The third-order valence-corrected chi connectivity index (χ3v) is 2.10. The predicted molar refractivity (Wildman–Crippen MR) is 45.7 cm³/mol. The third-order valence-electron chi connectivity index (χ3n) is 2.10. The average molecular weight is 137 g/mol. The molecule has 0 saturated carbocycles. The standard InChI is InChI=1S/C10H17/c1-10-8-6-4-2-3-5-7-9-10/h6,8,10H,1-5,7,9H2/b8-6+. The molecule has 0 aliphatic heterocycles. The van der Waals surface area contributed by atoms with Crippen LogP contribution in [0.4, 0.5) is 0 Å². The summed E-state index contributed by atoms with van der Waals surface area (Å²) in [6, 6.07) is 0. The molecule has 0 heterocycles. The van der Waals surface area contributed by atoms with Gasteiger partial charge in [0.2, 0.25) is 0 Å². The zero-order chi connectivity index (χ0) is 7.23. The van der Waals surface area contributed by atoms with E-state index in [0.29, 0.717) is 5.92 Å². The van der Waals surface area contributed by atoms with E-state index in [9.17, 15) is 0 Å². The highest BCUT2D eigenvalue weighted by Crippen LogP contribution is 2.15. The normalized spacial score (nSPS) is 31.9. The summed E-state index contributed by atoms with van der Waals surface area (Å²) >= 11 is 0. The zero-order valence-electron chi connectivity index (χ0n) is 6.68. The largest absolute Gasteiger partial charge is 0.0883 e. The van der Waals surface area contributed by atoms with Gasteiger partial charge in [0.1, 0.15) is 0 Å². The second kappa shape index (κ2) is 4.54. The van der Waals surface area contributed by atoms with Crippen molar-refractivity contribution in [1.82, 2.24) is 0 Å². The van der Waals surface area contributed by atoms with Crippen molar-refractivity contribution in [3.63, 3.8) is 0 Å². The summed E-state index contributed by atoms with van der Waals surface area (Å²) in [6.45, 7) is 4.05. The van der Waals surface area contributed by atoms with Crippen molar-refractivity contribution >= 4 is 0 Å². The van der Waals surface area contributed by atoms with Gasteiger partial charge in [-0.15, -0.1) is 0 Å². The first-order valence-corrected chi connectivity index (χ1v) is 4.39. The van der Waals surface area contributed by atoms with Gasteiger partial charge in [-0.25, -0.2) is 0 Å². The molecular weight excluding hydrogens is 120 g/mol. The molecule has 0 aromatic heterocycles. The number of hydrogen-bond donors (Lipinski definition) is 0. The summed E-state index contributed by atoms with van der Waals surface area (Å²) < 4.78 is 0. The topological polar surface area (TPSA) is 0 Å². The minimum Gasteiger partial charge on any atom is -0.0883 e. The third kappa shape index (κ3) is 3.05. The Bertz CT molecular complexity index is 103. The Morgan fingerprint density at radius 2 is 1.90 bits per heavy atom. The zero-order valence-corrected chi connectivity index (χ0v) is 6.68. The highest BCUT2D eigenvalue weighted by atomic mass is 14.0. The van der Waals surface area contributed by atoms with Crippen molar-refractivity contribution in [1.29, 1.82) is 0 Å². The molecule has 0 bridgehead atoms. The molecule has 0 aromatic rings. The second-order valence-electron chi connectivity index (χ2n) is 3.18. The molecule has 0 fully saturated rings. The van der Waals surface area contributed by atoms with Gasteiger partial charge < -0.3 is 0 Å². The molecule has 1 radical (unpaired) electrons. The monoisotopic (exact) mass is 137 g/mol. The molecule has 0 aromatic carbocycles. The molecule has 0 spiro atoms. The van der Waals surface area contributed by atoms with Crippen LogP contribution in [0.1, 0.15) is 38.5 Å². The maximum Gasteiger partial charge on any atom is -0.0233 e. The van der Waals surface area contributed by atoms with E-state index in [4.69, 9.17) is 0 Å². The predicted octanol–water partition coefficient (Wildman–Crippen LogP) is 3.35. The van der Waals surface area contributed by atoms with Gasteiger partial charge in [-0.1, -0.05) is 31.4 Å². The van der Waals surface area contributed by atoms with Crippen molar-refractivity contribution in [2.45, 2.75) is 38.5 Å². The van der Waals surface area contributed by atoms with Gasteiger partial charge in [-0.3, -0.25) is 0 Å². The van der Waals surface area contributed by atoms with E-state index in [1.807, 2.05) is 0 Å². The van der Waals surface area contributed by atoms with Crippen LogP contribution < -0.4 is 0 Å². The van der Waals surface area contributed by atoms with E-state index in [1.54, 1.807) is 0 Å². The van der Waals surface area contributed by atoms with Crippen LogP contribution in [0.15, 0.2) is 12.2 Å². The molecule has 1 atom stereocenters. The fourth-order valence-electron chi connectivity index (χ4n) is 1.41. The van der Waals surface area contributed by atoms with Crippen LogP contribution in [-0.4, -0.2) is 0 Å². The average Bonchev–Trinajstić information content (AvgIpc) is 2.02. The maximum atomic E-state index is 4.05. The SMILES string of the molecule is [CH2]C1/C=C/CCCCCC1. The van der Waals surface area contributed by atoms with Crippen LogP contribution >= 0.6 is 0 Å². The first kappa shape index (κ1) is 7.84. The minimum absolute atomic E-state index is 0.582. The smallest absolute Gasteiger partial charge is 0.0233 e. The Balaban J connectivity index is 2.28. The quantitative estimate of drug-likeness (QED) is 0.449. The lowest BCUT2D eigenvalue weighted by atomic mass is 10.0. The van der Waals surface area contributed by atoms with Gasteiger partial charge >= 0.3 is 0 Å². The van der Waals surface area contributed by atoms with Crippen LogP contribution in [0.2, 0.25) is 0 Å². The molecule has 1 aliphatic carbocycles. The van der Waals surface area contributed by atoms with E-state index < -0.39 is 0 Å². The first-order valence-electron chi connectivity index (χ1n) is 4.39. The van der Waals surface area contributed by atoms with Gasteiger partial charge in [0.25, 0.3) is 0 Å². The van der Waals surface area contributed by atoms with Gasteiger partial charge in [0.15, 0.2) is 0 Å². The van der Waals surface area contributed by atoms with Gasteiger partial charge in [0.05, 0.1) is 0 Å². The lowest BCUT2D eigenvalue weighted by Gasteiger charge is -2.02. The molecule has 0 heteroatoms. The molecule has 1 unspecified atom stereocenters. The highest BCUT2D eigenvalue weighted by Gasteiger charge is 1.98. The van der Waals surface area contributed by atoms with Crippen molar-refractivity contribution in [3.8, 4) is 0 Å².